The molecule has 0 fully saturated rings. The van der Waals surface area contributed by atoms with Gasteiger partial charge in [-0.05, 0) is 20.4 Å². The Kier molecular flexibility index (Phi) is 4.83. The Morgan fingerprint density at radius 1 is 1.40 bits per heavy atom. The van der Waals surface area contributed by atoms with Gasteiger partial charge in [-0.15, -0.1) is 0 Å². The highest BCUT2D eigenvalue weighted by atomic mass is 35.5. The van der Waals surface area contributed by atoms with E-state index >= 15 is 0 Å². The number of hydrogen-bond donors (Lipinski definition) is 1. The molecule has 0 aliphatic rings. The van der Waals surface area contributed by atoms with E-state index in [1.54, 1.807) is 0 Å². The van der Waals surface area contributed by atoms with Crippen molar-refractivity contribution in [3.8, 4) is 0 Å². The molecular weight excluding hydrogens is 274 g/mol. The lowest BCUT2D eigenvalue weighted by molar-refractivity contribution is 0.508. The van der Waals surface area contributed by atoms with E-state index < -0.39 is 0 Å². The molecule has 5 nitrogen and oxygen atoms in total. The fourth-order valence-corrected chi connectivity index (χ4v) is 2.61. The minimum atomic E-state index is 0.153. The largest absolute Gasteiger partial charge is 0.340 e. The van der Waals surface area contributed by atoms with E-state index in [0.717, 1.165) is 41.6 Å². The maximum atomic E-state index is 6.39. The van der Waals surface area contributed by atoms with Gasteiger partial charge in [0.1, 0.15) is 0 Å². The van der Waals surface area contributed by atoms with E-state index in [0.29, 0.717) is 0 Å². The summed E-state index contributed by atoms with van der Waals surface area (Å²) in [6, 6.07) is 0.153. The van der Waals surface area contributed by atoms with Crippen LogP contribution >= 0.6 is 11.6 Å². The second-order valence-corrected chi connectivity index (χ2v) is 5.32. The number of halogens is 1. The van der Waals surface area contributed by atoms with Gasteiger partial charge in [0.05, 0.1) is 34.5 Å². The smallest absolute Gasteiger partial charge is 0.0947 e. The third-order valence-corrected chi connectivity index (χ3v) is 3.87. The van der Waals surface area contributed by atoms with Crippen LogP contribution in [0.15, 0.2) is 12.5 Å². The molecule has 1 unspecified atom stereocenters. The second kappa shape index (κ2) is 6.41. The van der Waals surface area contributed by atoms with Crippen molar-refractivity contribution in [1.82, 2.24) is 24.6 Å². The summed E-state index contributed by atoms with van der Waals surface area (Å²) in [5.74, 6) is 0. The summed E-state index contributed by atoms with van der Waals surface area (Å²) in [5.41, 5.74) is 3.00. The van der Waals surface area contributed by atoms with Crippen LogP contribution in [0.3, 0.4) is 0 Å². The van der Waals surface area contributed by atoms with Crippen molar-refractivity contribution in [1.29, 1.82) is 0 Å². The van der Waals surface area contributed by atoms with E-state index in [4.69, 9.17) is 11.6 Å². The monoisotopic (exact) mass is 295 g/mol. The fraction of sp³-hybridized carbons (Fsp3) is 0.571. The molecule has 0 aliphatic heterocycles. The molecule has 2 aromatic heterocycles. The summed E-state index contributed by atoms with van der Waals surface area (Å²) in [4.78, 5) is 4.45. The van der Waals surface area contributed by atoms with Gasteiger partial charge in [-0.25, -0.2) is 4.98 Å². The van der Waals surface area contributed by atoms with Crippen molar-refractivity contribution in [2.75, 3.05) is 6.54 Å². The number of aryl methyl sites for hydroxylation is 3. The summed E-state index contributed by atoms with van der Waals surface area (Å²) >= 11 is 6.39. The molecule has 0 bridgehead atoms. The highest BCUT2D eigenvalue weighted by molar-refractivity contribution is 6.31. The van der Waals surface area contributed by atoms with E-state index in [1.807, 2.05) is 35.7 Å². The van der Waals surface area contributed by atoms with E-state index in [2.05, 4.69) is 29.2 Å². The van der Waals surface area contributed by atoms with E-state index in [9.17, 15) is 0 Å². The van der Waals surface area contributed by atoms with Gasteiger partial charge in [-0.2, -0.15) is 5.10 Å². The van der Waals surface area contributed by atoms with E-state index in [-0.39, 0.29) is 6.04 Å². The van der Waals surface area contributed by atoms with Gasteiger partial charge in [-0.1, -0.05) is 18.5 Å². The Labute approximate surface area is 125 Å². The Bertz CT molecular complexity index is 572. The molecule has 2 aromatic rings. The molecule has 0 radical (unpaired) electrons. The summed E-state index contributed by atoms with van der Waals surface area (Å²) in [6.07, 6.45) is 4.66. The van der Waals surface area contributed by atoms with Gasteiger partial charge in [0.2, 0.25) is 0 Å². The van der Waals surface area contributed by atoms with Gasteiger partial charge >= 0.3 is 0 Å². The minimum absolute atomic E-state index is 0.153. The number of nitrogens with one attached hydrogen (secondary N) is 1. The van der Waals surface area contributed by atoms with Crippen molar-refractivity contribution < 1.29 is 0 Å². The molecule has 20 heavy (non-hydrogen) atoms. The molecule has 0 aromatic carbocycles. The van der Waals surface area contributed by atoms with Gasteiger partial charge in [0.25, 0.3) is 0 Å². The SMILES string of the molecule is CCNC(Cc1c(Cl)c(C)nn1CC)c1cn(C)cn1. The zero-order chi connectivity index (χ0) is 14.7. The third kappa shape index (κ3) is 3.04. The van der Waals surface area contributed by atoms with Crippen molar-refractivity contribution in [3.63, 3.8) is 0 Å². The van der Waals surface area contributed by atoms with Crippen LogP contribution in [-0.4, -0.2) is 25.9 Å². The lowest BCUT2D eigenvalue weighted by atomic mass is 10.1. The average molecular weight is 296 g/mol. The Morgan fingerprint density at radius 3 is 2.70 bits per heavy atom. The summed E-state index contributed by atoms with van der Waals surface area (Å²) in [7, 11) is 1.98. The topological polar surface area (TPSA) is 47.7 Å². The second-order valence-electron chi connectivity index (χ2n) is 4.94. The lowest BCUT2D eigenvalue weighted by Crippen LogP contribution is -2.24. The highest BCUT2D eigenvalue weighted by Gasteiger charge is 2.20. The fourth-order valence-electron chi connectivity index (χ4n) is 2.40. The number of hydrogen-bond acceptors (Lipinski definition) is 3. The van der Waals surface area contributed by atoms with Crippen molar-refractivity contribution in [3.05, 3.63) is 34.6 Å². The molecule has 6 heteroatoms. The Morgan fingerprint density at radius 2 is 2.15 bits per heavy atom. The van der Waals surface area contributed by atoms with Gasteiger partial charge < -0.3 is 9.88 Å². The molecule has 0 saturated heterocycles. The Balaban J connectivity index is 2.28. The van der Waals surface area contributed by atoms with Crippen LogP contribution in [0.25, 0.3) is 0 Å². The number of likely N-dealkylation sites (N-methyl/N-ethyl adjacent to an activating group) is 1. The van der Waals surface area contributed by atoms with Crippen molar-refractivity contribution in [2.45, 2.75) is 39.8 Å². The summed E-state index contributed by atoms with van der Waals surface area (Å²) < 4.78 is 3.94. The first-order valence-electron chi connectivity index (χ1n) is 6.99. The predicted octanol–water partition coefficient (Wildman–Crippen LogP) is 2.49. The lowest BCUT2D eigenvalue weighted by Gasteiger charge is -2.16. The molecule has 2 rings (SSSR count). The van der Waals surface area contributed by atoms with Crippen LogP contribution in [0.1, 0.15) is 37.0 Å². The number of rotatable bonds is 6. The first kappa shape index (κ1) is 15.1. The van der Waals surface area contributed by atoms with E-state index in [1.165, 1.54) is 0 Å². The van der Waals surface area contributed by atoms with Crippen molar-refractivity contribution in [2.24, 2.45) is 7.05 Å². The maximum Gasteiger partial charge on any atom is 0.0947 e. The normalized spacial score (nSPS) is 12.8. The van der Waals surface area contributed by atoms with Gasteiger partial charge in [0.15, 0.2) is 0 Å². The molecule has 2 heterocycles. The molecule has 0 amide bonds. The standard InChI is InChI=1S/C14H22ClN5/c1-5-16-11(12-8-19(4)9-17-12)7-13-14(15)10(3)18-20(13)6-2/h8-9,11,16H,5-7H2,1-4H3. The molecule has 0 saturated carbocycles. The number of aromatic nitrogens is 4. The molecule has 1 atom stereocenters. The third-order valence-electron chi connectivity index (χ3n) is 3.38. The molecule has 110 valence electrons. The maximum absolute atomic E-state index is 6.39. The first-order valence-corrected chi connectivity index (χ1v) is 7.37. The molecule has 0 aliphatic carbocycles. The number of nitrogens with zero attached hydrogens (tertiary/aromatic N) is 4. The summed E-state index contributed by atoms with van der Waals surface area (Å²) in [5, 5.41) is 8.71. The zero-order valence-corrected chi connectivity index (χ0v) is 13.3. The van der Waals surface area contributed by atoms with Crippen LogP contribution < -0.4 is 5.32 Å². The molecule has 0 spiro atoms. The van der Waals surface area contributed by atoms with Crippen LogP contribution in [-0.2, 0) is 20.0 Å². The molecular formula is C14H22ClN5. The van der Waals surface area contributed by atoms with Crippen LogP contribution in [0.5, 0.6) is 0 Å². The average Bonchev–Trinajstić information content (AvgIpc) is 2.96. The highest BCUT2D eigenvalue weighted by Crippen LogP contribution is 2.25. The van der Waals surface area contributed by atoms with Crippen LogP contribution in [0.2, 0.25) is 5.02 Å². The first-order chi connectivity index (χ1) is 9.56. The quantitative estimate of drug-likeness (QED) is 0.891. The van der Waals surface area contributed by atoms with Gasteiger partial charge in [-0.3, -0.25) is 4.68 Å². The summed E-state index contributed by atoms with van der Waals surface area (Å²) in [6.45, 7) is 7.83. The van der Waals surface area contributed by atoms with Crippen LogP contribution in [0.4, 0.5) is 0 Å². The Hall–Kier alpha value is -1.33. The van der Waals surface area contributed by atoms with Crippen LogP contribution in [0, 0.1) is 6.92 Å². The number of imidazole rings is 1. The molecule has 1 N–H and O–H groups in total. The zero-order valence-electron chi connectivity index (χ0n) is 12.5. The van der Waals surface area contributed by atoms with Gasteiger partial charge in [0, 0.05) is 26.2 Å². The van der Waals surface area contributed by atoms with Crippen molar-refractivity contribution >= 4 is 11.6 Å². The minimum Gasteiger partial charge on any atom is -0.340 e. The predicted molar refractivity (Wildman–Crippen MR) is 81.0 cm³/mol.